The van der Waals surface area contributed by atoms with E-state index in [4.69, 9.17) is 4.74 Å². The molecule has 2 aromatic heterocycles. The minimum absolute atomic E-state index is 0.633. The average Bonchev–Trinajstić information content (AvgIpc) is 2.89. The van der Waals surface area contributed by atoms with Crippen LogP contribution in [0.15, 0.2) is 58.3 Å². The molecule has 1 aromatic carbocycles. The highest BCUT2D eigenvalue weighted by molar-refractivity contribution is 9.10. The van der Waals surface area contributed by atoms with Gasteiger partial charge < -0.3 is 4.74 Å². The molecule has 0 amide bonds. The third-order valence-corrected chi connectivity index (χ3v) is 4.12. The molecular weight excluding hydrogens is 338 g/mol. The van der Waals surface area contributed by atoms with Gasteiger partial charge in [-0.2, -0.15) is 0 Å². The highest BCUT2D eigenvalue weighted by Gasteiger charge is 2.04. The fourth-order valence-corrected chi connectivity index (χ4v) is 2.75. The third-order valence-electron chi connectivity index (χ3n) is 2.68. The van der Waals surface area contributed by atoms with Crippen LogP contribution in [0.4, 0.5) is 0 Å². The van der Waals surface area contributed by atoms with Gasteiger partial charge in [0.25, 0.3) is 0 Å². The zero-order chi connectivity index (χ0) is 13.8. The number of hydrogen-bond acceptors (Lipinski definition) is 4. The normalized spacial score (nSPS) is 10.8. The van der Waals surface area contributed by atoms with Crippen LogP contribution in [-0.2, 0) is 0 Å². The maximum absolute atomic E-state index is 5.67. The predicted octanol–water partition coefficient (Wildman–Crippen LogP) is 3.66. The number of ether oxygens (including phenoxy) is 1. The number of benzene rings is 1. The molecule has 4 nitrogen and oxygen atoms in total. The number of nitrogens with zero attached hydrogens (tertiary/aromatic N) is 3. The van der Waals surface area contributed by atoms with Crippen LogP contribution in [0.1, 0.15) is 0 Å². The zero-order valence-electron chi connectivity index (χ0n) is 10.6. The quantitative estimate of drug-likeness (QED) is 0.520. The Labute approximate surface area is 129 Å². The van der Waals surface area contributed by atoms with E-state index in [2.05, 4.69) is 26.1 Å². The number of thioether (sulfide) groups is 1. The Kier molecular flexibility index (Phi) is 4.22. The monoisotopic (exact) mass is 349 g/mol. The van der Waals surface area contributed by atoms with E-state index in [0.29, 0.717) is 6.61 Å². The lowest BCUT2D eigenvalue weighted by Crippen LogP contribution is -2.00. The van der Waals surface area contributed by atoms with Gasteiger partial charge in [0, 0.05) is 16.4 Å². The summed E-state index contributed by atoms with van der Waals surface area (Å²) in [5.74, 6) is 1.70. The predicted molar refractivity (Wildman–Crippen MR) is 83.3 cm³/mol. The number of hydrogen-bond donors (Lipinski definition) is 0. The van der Waals surface area contributed by atoms with Crippen molar-refractivity contribution in [2.24, 2.45) is 0 Å². The molecule has 0 aliphatic carbocycles. The Morgan fingerprint density at radius 1 is 1.10 bits per heavy atom. The van der Waals surface area contributed by atoms with Crippen LogP contribution in [0.2, 0.25) is 0 Å². The van der Waals surface area contributed by atoms with Crippen molar-refractivity contribution in [3.63, 3.8) is 0 Å². The maximum atomic E-state index is 5.67. The van der Waals surface area contributed by atoms with Crippen molar-refractivity contribution in [2.75, 3.05) is 12.4 Å². The second-order valence-corrected chi connectivity index (χ2v) is 6.04. The van der Waals surface area contributed by atoms with E-state index in [1.165, 1.54) is 0 Å². The summed E-state index contributed by atoms with van der Waals surface area (Å²) in [6.45, 7) is 0.633. The number of rotatable bonds is 5. The first-order valence-corrected chi connectivity index (χ1v) is 7.92. The average molecular weight is 350 g/mol. The van der Waals surface area contributed by atoms with Crippen LogP contribution in [0, 0.1) is 0 Å². The van der Waals surface area contributed by atoms with Crippen molar-refractivity contribution in [2.45, 2.75) is 5.16 Å². The molecule has 0 aliphatic heterocycles. The molecule has 0 unspecified atom stereocenters. The van der Waals surface area contributed by atoms with Crippen molar-refractivity contribution in [3.8, 4) is 5.75 Å². The van der Waals surface area contributed by atoms with Crippen LogP contribution < -0.4 is 4.74 Å². The van der Waals surface area contributed by atoms with E-state index in [0.717, 1.165) is 26.8 Å². The summed E-state index contributed by atoms with van der Waals surface area (Å²) in [7, 11) is 0. The fraction of sp³-hybridized carbons (Fsp3) is 0.143. The summed E-state index contributed by atoms with van der Waals surface area (Å²) < 4.78 is 8.70. The summed E-state index contributed by atoms with van der Waals surface area (Å²) in [4.78, 5) is 0. The molecule has 102 valence electrons. The van der Waals surface area contributed by atoms with Crippen LogP contribution in [0.25, 0.3) is 5.65 Å². The number of aromatic nitrogens is 3. The fourth-order valence-electron chi connectivity index (χ4n) is 1.74. The van der Waals surface area contributed by atoms with Crippen LogP contribution >= 0.6 is 27.7 Å². The first-order chi connectivity index (χ1) is 9.83. The zero-order valence-corrected chi connectivity index (χ0v) is 13.0. The van der Waals surface area contributed by atoms with E-state index in [9.17, 15) is 0 Å². The molecule has 0 fully saturated rings. The molecule has 0 atom stereocenters. The first-order valence-electron chi connectivity index (χ1n) is 6.14. The molecule has 3 aromatic rings. The second kappa shape index (κ2) is 6.28. The van der Waals surface area contributed by atoms with Gasteiger partial charge in [0.1, 0.15) is 5.75 Å². The van der Waals surface area contributed by atoms with E-state index in [-0.39, 0.29) is 0 Å². The number of pyridine rings is 1. The maximum Gasteiger partial charge on any atom is 0.195 e. The molecule has 0 spiro atoms. The Bertz CT molecular complexity index is 699. The van der Waals surface area contributed by atoms with E-state index in [1.807, 2.05) is 53.1 Å². The molecule has 0 saturated carbocycles. The summed E-state index contributed by atoms with van der Waals surface area (Å²) in [6.07, 6.45) is 1.97. The highest BCUT2D eigenvalue weighted by atomic mass is 79.9. The van der Waals surface area contributed by atoms with E-state index in [1.54, 1.807) is 11.8 Å². The molecule has 0 radical (unpaired) electrons. The van der Waals surface area contributed by atoms with E-state index >= 15 is 0 Å². The van der Waals surface area contributed by atoms with Crippen molar-refractivity contribution in [1.29, 1.82) is 0 Å². The summed E-state index contributed by atoms with van der Waals surface area (Å²) in [5.41, 5.74) is 0.865. The van der Waals surface area contributed by atoms with Crippen LogP contribution in [0.3, 0.4) is 0 Å². The van der Waals surface area contributed by atoms with Gasteiger partial charge in [0.05, 0.1) is 6.61 Å². The molecule has 0 bridgehead atoms. The summed E-state index contributed by atoms with van der Waals surface area (Å²) in [5, 5.41) is 9.17. The van der Waals surface area contributed by atoms with Crippen molar-refractivity contribution < 1.29 is 4.74 Å². The molecule has 0 aliphatic rings. The minimum Gasteiger partial charge on any atom is -0.493 e. The minimum atomic E-state index is 0.633. The Balaban J connectivity index is 1.54. The first kappa shape index (κ1) is 13.5. The van der Waals surface area contributed by atoms with Gasteiger partial charge in [0.2, 0.25) is 0 Å². The smallest absolute Gasteiger partial charge is 0.195 e. The SMILES string of the molecule is Brc1ccc(OCCSc2nnc3ccccn23)cc1. The molecule has 20 heavy (non-hydrogen) atoms. The third kappa shape index (κ3) is 3.13. The van der Waals surface area contributed by atoms with Crippen molar-refractivity contribution >= 4 is 33.3 Å². The Hall–Kier alpha value is -1.53. The molecule has 3 rings (SSSR count). The van der Waals surface area contributed by atoms with Gasteiger partial charge in [-0.25, -0.2) is 0 Å². The Morgan fingerprint density at radius 2 is 1.95 bits per heavy atom. The van der Waals surface area contributed by atoms with Crippen molar-refractivity contribution in [3.05, 3.63) is 53.1 Å². The van der Waals surface area contributed by atoms with Gasteiger partial charge >= 0.3 is 0 Å². The topological polar surface area (TPSA) is 39.4 Å². The summed E-state index contributed by atoms with van der Waals surface area (Å²) >= 11 is 5.03. The number of fused-ring (bicyclic) bond motifs is 1. The molecule has 0 saturated heterocycles. The van der Waals surface area contributed by atoms with Gasteiger partial charge in [-0.3, -0.25) is 4.40 Å². The standard InChI is InChI=1S/C14H12BrN3OS/c15-11-4-6-12(7-5-11)19-9-10-20-14-17-16-13-3-1-2-8-18(13)14/h1-8H,9-10H2. The largest absolute Gasteiger partial charge is 0.493 e. The van der Waals surface area contributed by atoms with Crippen molar-refractivity contribution in [1.82, 2.24) is 14.6 Å². The van der Waals surface area contributed by atoms with E-state index < -0.39 is 0 Å². The lowest BCUT2D eigenvalue weighted by molar-refractivity contribution is 0.344. The van der Waals surface area contributed by atoms with Gasteiger partial charge in [0.15, 0.2) is 10.8 Å². The second-order valence-electron chi connectivity index (χ2n) is 4.06. The molecule has 2 heterocycles. The number of halogens is 1. The molecule has 0 N–H and O–H groups in total. The molecule has 6 heteroatoms. The molecular formula is C14H12BrN3OS. The van der Waals surface area contributed by atoms with Crippen LogP contribution in [0.5, 0.6) is 5.75 Å². The van der Waals surface area contributed by atoms with Gasteiger partial charge in [-0.15, -0.1) is 10.2 Å². The Morgan fingerprint density at radius 3 is 2.80 bits per heavy atom. The lowest BCUT2D eigenvalue weighted by atomic mass is 10.3. The van der Waals surface area contributed by atoms with Gasteiger partial charge in [-0.05, 0) is 36.4 Å². The van der Waals surface area contributed by atoms with Gasteiger partial charge in [-0.1, -0.05) is 33.8 Å². The van der Waals surface area contributed by atoms with Crippen LogP contribution in [-0.4, -0.2) is 27.0 Å². The lowest BCUT2D eigenvalue weighted by Gasteiger charge is -2.05. The highest BCUT2D eigenvalue weighted by Crippen LogP contribution is 2.18. The summed E-state index contributed by atoms with van der Waals surface area (Å²) in [6, 6.07) is 13.7.